The van der Waals surface area contributed by atoms with Crippen LogP contribution in [0.15, 0.2) is 50.5 Å². The molecule has 1 amide bonds. The lowest BCUT2D eigenvalue weighted by Crippen LogP contribution is -2.14. The Morgan fingerprint density at radius 1 is 1.36 bits per heavy atom. The number of aromatic nitrogens is 1. The number of nitrogens with one attached hydrogen (secondary N) is 1. The van der Waals surface area contributed by atoms with Crippen LogP contribution in [-0.4, -0.2) is 17.3 Å². The molecule has 0 unspecified atom stereocenters. The molecular formula is C15H13N3O2S2. The van der Waals surface area contributed by atoms with E-state index in [1.54, 1.807) is 11.8 Å². The zero-order valence-electron chi connectivity index (χ0n) is 11.7. The van der Waals surface area contributed by atoms with E-state index in [4.69, 9.17) is 10.3 Å². The van der Waals surface area contributed by atoms with Gasteiger partial charge in [0.1, 0.15) is 11.3 Å². The van der Waals surface area contributed by atoms with Crippen LogP contribution in [0.25, 0.3) is 11.3 Å². The molecule has 1 aromatic carbocycles. The molecule has 0 atom stereocenters. The lowest BCUT2D eigenvalue weighted by molar-refractivity contribution is 0.102. The monoisotopic (exact) mass is 331 g/mol. The number of amides is 1. The first-order valence-corrected chi connectivity index (χ1v) is 8.59. The molecule has 0 aliphatic rings. The van der Waals surface area contributed by atoms with Crippen LogP contribution >= 0.6 is 23.1 Å². The average Bonchev–Trinajstić information content (AvgIpc) is 3.16. The van der Waals surface area contributed by atoms with Crippen molar-refractivity contribution < 1.29 is 9.32 Å². The Morgan fingerprint density at radius 3 is 2.91 bits per heavy atom. The summed E-state index contributed by atoms with van der Waals surface area (Å²) in [5.41, 5.74) is 8.04. The summed E-state index contributed by atoms with van der Waals surface area (Å²) in [5, 5.41) is 10.6. The summed E-state index contributed by atoms with van der Waals surface area (Å²) in [6.45, 7) is 0. The number of nitrogens with two attached hydrogens (primary N) is 1. The Balaban J connectivity index is 1.95. The highest BCUT2D eigenvalue weighted by Crippen LogP contribution is 2.31. The van der Waals surface area contributed by atoms with E-state index < -0.39 is 0 Å². The maximum absolute atomic E-state index is 12.6. The van der Waals surface area contributed by atoms with Crippen molar-refractivity contribution in [2.75, 3.05) is 17.3 Å². The number of rotatable bonds is 4. The Morgan fingerprint density at radius 2 is 2.18 bits per heavy atom. The summed E-state index contributed by atoms with van der Waals surface area (Å²) >= 11 is 3.07. The quantitative estimate of drug-likeness (QED) is 0.707. The van der Waals surface area contributed by atoms with Gasteiger partial charge in [0.25, 0.3) is 5.91 Å². The summed E-state index contributed by atoms with van der Waals surface area (Å²) in [6.07, 6.45) is 1.95. The molecule has 112 valence electrons. The molecule has 3 N–H and O–H groups in total. The number of thiophene rings is 1. The molecule has 5 nitrogen and oxygen atoms in total. The first-order chi connectivity index (χ1) is 10.7. The predicted octanol–water partition coefficient (Wildman–Crippen LogP) is 3.96. The van der Waals surface area contributed by atoms with Crippen molar-refractivity contribution in [1.82, 2.24) is 5.16 Å². The van der Waals surface area contributed by atoms with Crippen molar-refractivity contribution in [1.29, 1.82) is 0 Å². The van der Waals surface area contributed by atoms with Crippen LogP contribution in [0.5, 0.6) is 0 Å². The van der Waals surface area contributed by atoms with Crippen LogP contribution in [0.3, 0.4) is 0 Å². The van der Waals surface area contributed by atoms with Crippen LogP contribution in [0.1, 0.15) is 10.4 Å². The number of para-hydroxylation sites is 1. The number of carbonyl (C=O) groups is 1. The van der Waals surface area contributed by atoms with Gasteiger partial charge in [-0.05, 0) is 29.8 Å². The Bertz CT molecular complexity index is 797. The Labute approximate surface area is 135 Å². The molecule has 2 aromatic heterocycles. The largest absolute Gasteiger partial charge is 0.367 e. The fraction of sp³-hybridized carbons (Fsp3) is 0.0667. The van der Waals surface area contributed by atoms with Crippen molar-refractivity contribution in [2.45, 2.75) is 4.90 Å². The molecule has 3 rings (SSSR count). The van der Waals surface area contributed by atoms with Gasteiger partial charge in [0.05, 0.1) is 5.69 Å². The molecule has 0 aliphatic heterocycles. The molecule has 22 heavy (non-hydrogen) atoms. The molecule has 0 saturated heterocycles. The fourth-order valence-electron chi connectivity index (χ4n) is 2.05. The predicted molar refractivity (Wildman–Crippen MR) is 90.4 cm³/mol. The van der Waals surface area contributed by atoms with Crippen molar-refractivity contribution in [3.63, 3.8) is 0 Å². The Kier molecular flexibility index (Phi) is 4.17. The SMILES string of the molecule is CSc1ccccc1NC(=O)c1c(-c2ccsc2)noc1N. The van der Waals surface area contributed by atoms with Gasteiger partial charge in [-0.1, -0.05) is 17.3 Å². The van der Waals surface area contributed by atoms with Gasteiger partial charge >= 0.3 is 0 Å². The standard InChI is InChI=1S/C15H13N3O2S2/c1-21-11-5-3-2-4-10(11)17-15(19)12-13(18-20-14(12)16)9-6-7-22-8-9/h2-8H,16H2,1H3,(H,17,19). The highest BCUT2D eigenvalue weighted by Gasteiger charge is 2.23. The minimum Gasteiger partial charge on any atom is -0.367 e. The van der Waals surface area contributed by atoms with E-state index in [-0.39, 0.29) is 17.4 Å². The number of thioether (sulfide) groups is 1. The van der Waals surface area contributed by atoms with E-state index in [0.29, 0.717) is 5.69 Å². The molecule has 7 heteroatoms. The minimum atomic E-state index is -0.332. The number of anilines is 2. The highest BCUT2D eigenvalue weighted by atomic mass is 32.2. The third kappa shape index (κ3) is 2.72. The zero-order valence-corrected chi connectivity index (χ0v) is 13.3. The van der Waals surface area contributed by atoms with Crippen molar-refractivity contribution in [3.05, 3.63) is 46.7 Å². The van der Waals surface area contributed by atoms with E-state index in [1.807, 2.05) is 47.3 Å². The van der Waals surface area contributed by atoms with Crippen LogP contribution in [0.4, 0.5) is 11.6 Å². The van der Waals surface area contributed by atoms with Crippen molar-refractivity contribution in [3.8, 4) is 11.3 Å². The summed E-state index contributed by atoms with van der Waals surface area (Å²) in [7, 11) is 0. The number of nitrogen functional groups attached to an aromatic ring is 1. The molecule has 0 saturated carbocycles. The van der Waals surface area contributed by atoms with Gasteiger partial charge in [0, 0.05) is 15.8 Å². The maximum Gasteiger partial charge on any atom is 0.263 e. The lowest BCUT2D eigenvalue weighted by atomic mass is 10.1. The summed E-state index contributed by atoms with van der Waals surface area (Å²) in [6, 6.07) is 9.45. The smallest absolute Gasteiger partial charge is 0.263 e. The molecule has 0 radical (unpaired) electrons. The molecule has 0 aliphatic carbocycles. The summed E-state index contributed by atoms with van der Waals surface area (Å²) < 4.78 is 5.00. The lowest BCUT2D eigenvalue weighted by Gasteiger charge is -2.09. The molecule has 0 spiro atoms. The first kappa shape index (κ1) is 14.7. The van der Waals surface area contributed by atoms with Gasteiger partial charge < -0.3 is 15.6 Å². The molecule has 0 bridgehead atoms. The van der Waals surface area contributed by atoms with E-state index in [9.17, 15) is 4.79 Å². The molecule has 3 aromatic rings. The van der Waals surface area contributed by atoms with Crippen LogP contribution in [-0.2, 0) is 0 Å². The van der Waals surface area contributed by atoms with Gasteiger partial charge in [0.2, 0.25) is 5.88 Å². The number of benzene rings is 1. The number of hydrogen-bond donors (Lipinski definition) is 2. The van der Waals surface area contributed by atoms with Gasteiger partial charge in [-0.3, -0.25) is 4.79 Å². The zero-order chi connectivity index (χ0) is 15.5. The molecular weight excluding hydrogens is 318 g/mol. The van der Waals surface area contributed by atoms with E-state index in [2.05, 4.69) is 10.5 Å². The molecule has 2 heterocycles. The third-order valence-corrected chi connectivity index (χ3v) is 4.57. The van der Waals surface area contributed by atoms with E-state index in [1.165, 1.54) is 11.3 Å². The second kappa shape index (κ2) is 6.25. The molecule has 0 fully saturated rings. The van der Waals surface area contributed by atoms with Gasteiger partial charge in [0.15, 0.2) is 0 Å². The van der Waals surface area contributed by atoms with Gasteiger partial charge in [-0.2, -0.15) is 11.3 Å². The number of hydrogen-bond acceptors (Lipinski definition) is 6. The second-order valence-corrected chi connectivity index (χ2v) is 6.06. The topological polar surface area (TPSA) is 81.2 Å². The highest BCUT2D eigenvalue weighted by molar-refractivity contribution is 7.98. The van der Waals surface area contributed by atoms with E-state index >= 15 is 0 Å². The maximum atomic E-state index is 12.6. The van der Waals surface area contributed by atoms with Crippen molar-refractivity contribution >= 4 is 40.6 Å². The number of carbonyl (C=O) groups excluding carboxylic acids is 1. The van der Waals surface area contributed by atoms with E-state index in [0.717, 1.165) is 16.1 Å². The van der Waals surface area contributed by atoms with Gasteiger partial charge in [-0.25, -0.2) is 0 Å². The number of nitrogens with zero attached hydrogens (tertiary/aromatic N) is 1. The summed E-state index contributed by atoms with van der Waals surface area (Å²) in [4.78, 5) is 13.6. The summed E-state index contributed by atoms with van der Waals surface area (Å²) in [5.74, 6) is -0.318. The average molecular weight is 331 g/mol. The first-order valence-electron chi connectivity index (χ1n) is 6.42. The third-order valence-electron chi connectivity index (χ3n) is 3.10. The second-order valence-electron chi connectivity index (χ2n) is 4.44. The Hall–Kier alpha value is -2.25. The fourth-order valence-corrected chi connectivity index (χ4v) is 3.25. The van der Waals surface area contributed by atoms with Crippen LogP contribution in [0, 0.1) is 0 Å². The van der Waals surface area contributed by atoms with Gasteiger partial charge in [-0.15, -0.1) is 11.8 Å². The minimum absolute atomic E-state index is 0.0142. The van der Waals surface area contributed by atoms with Crippen LogP contribution < -0.4 is 11.1 Å². The van der Waals surface area contributed by atoms with Crippen molar-refractivity contribution in [2.24, 2.45) is 0 Å². The normalized spacial score (nSPS) is 10.6. The van der Waals surface area contributed by atoms with Crippen LogP contribution in [0.2, 0.25) is 0 Å².